The summed E-state index contributed by atoms with van der Waals surface area (Å²) in [5, 5.41) is 0.704. The van der Waals surface area contributed by atoms with Gasteiger partial charge in [0.2, 0.25) is 0 Å². The third-order valence-electron chi connectivity index (χ3n) is 5.29. The maximum absolute atomic E-state index is 14.9. The van der Waals surface area contributed by atoms with Crippen molar-refractivity contribution in [2.24, 2.45) is 7.05 Å². The van der Waals surface area contributed by atoms with Crippen LogP contribution in [0.25, 0.3) is 10.8 Å². The summed E-state index contributed by atoms with van der Waals surface area (Å²) in [4.78, 5) is 16.9. The van der Waals surface area contributed by atoms with Gasteiger partial charge in [0, 0.05) is 50.7 Å². The number of hydrogen-bond donors (Lipinski definition) is 1. The number of fused-ring (bicyclic) bond motifs is 1. The van der Waals surface area contributed by atoms with E-state index in [0.29, 0.717) is 16.3 Å². The molecule has 0 atom stereocenters. The summed E-state index contributed by atoms with van der Waals surface area (Å²) in [6.45, 7) is 4.56. The van der Waals surface area contributed by atoms with E-state index in [1.54, 1.807) is 25.3 Å². The zero-order valence-electron chi connectivity index (χ0n) is 15.7. The number of hydrogen-bond acceptors (Lipinski definition) is 3. The normalized spacial score (nSPS) is 16.1. The molecule has 142 valence electrons. The lowest BCUT2D eigenvalue weighted by Crippen LogP contribution is -2.37. The van der Waals surface area contributed by atoms with E-state index in [1.807, 2.05) is 7.05 Å². The molecule has 27 heavy (non-hydrogen) atoms. The van der Waals surface area contributed by atoms with Crippen LogP contribution in [-0.4, -0.2) is 33.6 Å². The third-order valence-corrected chi connectivity index (χ3v) is 5.29. The molecule has 0 unspecified atom stereocenters. The monoisotopic (exact) mass is 369 g/mol. The number of aromatic amines is 1. The molecule has 1 aromatic carbocycles. The highest BCUT2D eigenvalue weighted by atomic mass is 19.1. The zero-order valence-corrected chi connectivity index (χ0v) is 15.7. The van der Waals surface area contributed by atoms with Gasteiger partial charge in [-0.05, 0) is 49.1 Å². The molecule has 0 amide bonds. The molecule has 0 aliphatic carbocycles. The second kappa shape index (κ2) is 7.19. The van der Waals surface area contributed by atoms with E-state index >= 15 is 0 Å². The van der Waals surface area contributed by atoms with Crippen molar-refractivity contribution in [1.29, 1.82) is 0 Å². The molecule has 0 radical (unpaired) electrons. The average Bonchev–Trinajstić information content (AvgIpc) is 3.06. The largest absolute Gasteiger partial charge is 0.487 e. The van der Waals surface area contributed by atoms with Crippen LogP contribution < -0.4 is 10.3 Å². The molecule has 5 nitrogen and oxygen atoms in total. The van der Waals surface area contributed by atoms with Gasteiger partial charge in [-0.2, -0.15) is 0 Å². The number of nitrogens with zero attached hydrogens (tertiary/aromatic N) is 2. The first-order chi connectivity index (χ1) is 13.0. The Labute approximate surface area is 157 Å². The third kappa shape index (κ3) is 3.62. The van der Waals surface area contributed by atoms with Crippen LogP contribution in [0.15, 0.2) is 41.6 Å². The maximum Gasteiger partial charge on any atom is 0.255 e. The lowest BCUT2D eigenvalue weighted by molar-refractivity contribution is 0.0938. The summed E-state index contributed by atoms with van der Waals surface area (Å²) in [7, 11) is 2.03. The number of halogens is 1. The first-order valence-corrected chi connectivity index (χ1v) is 9.31. The molecule has 1 aliphatic rings. The first kappa shape index (κ1) is 17.8. The summed E-state index contributed by atoms with van der Waals surface area (Å²) >= 11 is 0. The maximum atomic E-state index is 14.9. The molecular formula is C21H24FN3O2. The highest BCUT2D eigenvalue weighted by molar-refractivity contribution is 5.86. The van der Waals surface area contributed by atoms with Gasteiger partial charge in [0.05, 0.1) is 5.39 Å². The summed E-state index contributed by atoms with van der Waals surface area (Å²) in [5.74, 6) is -0.208. The van der Waals surface area contributed by atoms with Gasteiger partial charge < -0.3 is 14.3 Å². The molecule has 2 aromatic heterocycles. The van der Waals surface area contributed by atoms with Crippen LogP contribution in [0, 0.1) is 12.7 Å². The molecule has 0 bridgehead atoms. The average molecular weight is 369 g/mol. The summed E-state index contributed by atoms with van der Waals surface area (Å²) < 4.78 is 23.0. The minimum Gasteiger partial charge on any atom is -0.487 e. The van der Waals surface area contributed by atoms with Gasteiger partial charge in [-0.3, -0.25) is 9.69 Å². The molecule has 0 spiro atoms. The number of benzene rings is 1. The van der Waals surface area contributed by atoms with E-state index < -0.39 is 5.82 Å². The van der Waals surface area contributed by atoms with Crippen molar-refractivity contribution < 1.29 is 9.13 Å². The predicted octanol–water partition coefficient (Wildman–Crippen LogP) is 3.36. The molecule has 3 heterocycles. The van der Waals surface area contributed by atoms with E-state index in [2.05, 4.69) is 32.9 Å². The van der Waals surface area contributed by atoms with Crippen LogP contribution in [0.2, 0.25) is 0 Å². The number of piperidine rings is 1. The zero-order chi connectivity index (χ0) is 19.0. The van der Waals surface area contributed by atoms with Crippen molar-refractivity contribution in [3.63, 3.8) is 0 Å². The Morgan fingerprint density at radius 3 is 2.74 bits per heavy atom. The summed E-state index contributed by atoms with van der Waals surface area (Å²) in [5.41, 5.74) is 1.72. The quantitative estimate of drug-likeness (QED) is 0.767. The van der Waals surface area contributed by atoms with E-state index in [0.717, 1.165) is 32.5 Å². The molecule has 1 aliphatic heterocycles. The van der Waals surface area contributed by atoms with Crippen molar-refractivity contribution in [3.8, 4) is 5.75 Å². The fraction of sp³-hybridized carbons (Fsp3) is 0.381. The minimum atomic E-state index is -0.442. The topological polar surface area (TPSA) is 50.3 Å². The Kier molecular flexibility index (Phi) is 4.74. The number of likely N-dealkylation sites (tertiary alicyclic amines) is 1. The molecule has 1 N–H and O–H groups in total. The predicted molar refractivity (Wildman–Crippen MR) is 104 cm³/mol. The minimum absolute atomic E-state index is 0.00808. The van der Waals surface area contributed by atoms with Crippen molar-refractivity contribution in [2.75, 3.05) is 13.1 Å². The number of aryl methyl sites for hydroxylation is 2. The molecule has 3 aromatic rings. The number of nitrogens with one attached hydrogen (secondary N) is 1. The van der Waals surface area contributed by atoms with Gasteiger partial charge in [0.15, 0.2) is 11.6 Å². The van der Waals surface area contributed by atoms with Crippen LogP contribution >= 0.6 is 0 Å². The van der Waals surface area contributed by atoms with E-state index in [4.69, 9.17) is 4.74 Å². The van der Waals surface area contributed by atoms with Gasteiger partial charge >= 0.3 is 0 Å². The number of ether oxygens (including phenoxy) is 1. The van der Waals surface area contributed by atoms with E-state index in [9.17, 15) is 9.18 Å². The van der Waals surface area contributed by atoms with Crippen LogP contribution in [0.1, 0.15) is 24.0 Å². The van der Waals surface area contributed by atoms with Gasteiger partial charge in [-0.1, -0.05) is 0 Å². The summed E-state index contributed by atoms with van der Waals surface area (Å²) in [6, 6.07) is 5.35. The Balaban J connectivity index is 1.44. The molecule has 1 saturated heterocycles. The van der Waals surface area contributed by atoms with Gasteiger partial charge in [-0.25, -0.2) is 4.39 Å². The molecule has 4 rings (SSSR count). The fourth-order valence-corrected chi connectivity index (χ4v) is 3.82. The number of H-pyrrole nitrogens is 1. The van der Waals surface area contributed by atoms with Crippen molar-refractivity contribution >= 4 is 10.8 Å². The van der Waals surface area contributed by atoms with Crippen LogP contribution in [0.5, 0.6) is 5.75 Å². The fourth-order valence-electron chi connectivity index (χ4n) is 3.82. The summed E-state index contributed by atoms with van der Waals surface area (Å²) in [6.07, 6.45) is 7.45. The lowest BCUT2D eigenvalue weighted by atomic mass is 10.1. The Morgan fingerprint density at radius 2 is 2.04 bits per heavy atom. The highest BCUT2D eigenvalue weighted by Gasteiger charge is 2.23. The van der Waals surface area contributed by atoms with Crippen molar-refractivity contribution in [1.82, 2.24) is 14.5 Å². The van der Waals surface area contributed by atoms with Gasteiger partial charge in [-0.15, -0.1) is 0 Å². The Morgan fingerprint density at radius 1 is 1.26 bits per heavy atom. The molecule has 0 saturated carbocycles. The SMILES string of the molecule is Cc1c[nH]c(=O)c2ccc(OC3CCN(Cc4ccn(C)c4)CC3)c(F)c12. The first-order valence-electron chi connectivity index (χ1n) is 9.31. The van der Waals surface area contributed by atoms with Crippen LogP contribution in [0.3, 0.4) is 0 Å². The van der Waals surface area contributed by atoms with E-state index in [1.165, 1.54) is 5.56 Å². The smallest absolute Gasteiger partial charge is 0.255 e. The van der Waals surface area contributed by atoms with Crippen molar-refractivity contribution in [3.05, 3.63) is 64.1 Å². The van der Waals surface area contributed by atoms with Gasteiger partial charge in [0.25, 0.3) is 5.56 Å². The molecular weight excluding hydrogens is 345 g/mol. The highest BCUT2D eigenvalue weighted by Crippen LogP contribution is 2.29. The number of pyridine rings is 1. The molecule has 1 fully saturated rings. The standard InChI is InChI=1S/C21H24FN3O2/c1-14-11-23-21(26)17-3-4-18(20(22)19(14)17)27-16-6-9-25(10-7-16)13-15-5-8-24(2)12-15/h3-5,8,11-12,16H,6-7,9-10,13H2,1-2H3,(H,23,26). The van der Waals surface area contributed by atoms with E-state index in [-0.39, 0.29) is 17.4 Å². The van der Waals surface area contributed by atoms with Crippen molar-refractivity contribution in [2.45, 2.75) is 32.4 Å². The van der Waals surface area contributed by atoms with Crippen LogP contribution in [0.4, 0.5) is 4.39 Å². The number of aromatic nitrogens is 2. The van der Waals surface area contributed by atoms with Crippen LogP contribution in [-0.2, 0) is 13.6 Å². The second-order valence-corrected chi connectivity index (χ2v) is 7.38. The number of rotatable bonds is 4. The Hall–Kier alpha value is -2.60. The lowest BCUT2D eigenvalue weighted by Gasteiger charge is -2.32. The second-order valence-electron chi connectivity index (χ2n) is 7.38. The Bertz CT molecular complexity index is 1020. The van der Waals surface area contributed by atoms with Gasteiger partial charge in [0.1, 0.15) is 6.10 Å². The molecule has 6 heteroatoms.